The molecule has 4 amide bonds. The van der Waals surface area contributed by atoms with Crippen LogP contribution in [0.2, 0.25) is 0 Å². The lowest BCUT2D eigenvalue weighted by atomic mass is 10.1. The summed E-state index contributed by atoms with van der Waals surface area (Å²) in [4.78, 5) is 23.9. The summed E-state index contributed by atoms with van der Waals surface area (Å²) in [7, 11) is 0. The normalized spacial score (nSPS) is 10.2. The highest BCUT2D eigenvalue weighted by Gasteiger charge is 2.17. The molecule has 0 radical (unpaired) electrons. The maximum Gasteiger partial charge on any atom is 0.319 e. The van der Waals surface area contributed by atoms with Crippen LogP contribution in [0.15, 0.2) is 24.3 Å². The maximum atomic E-state index is 11.9. The molecule has 0 saturated carbocycles. The second kappa shape index (κ2) is 12.2. The predicted molar refractivity (Wildman–Crippen MR) is 113 cm³/mol. The summed E-state index contributed by atoms with van der Waals surface area (Å²) in [6.45, 7) is 19.4. The molecular weight excluding hydrogens is 328 g/mol. The van der Waals surface area contributed by atoms with Gasteiger partial charge in [0.2, 0.25) is 0 Å². The fraction of sp³-hybridized carbons (Fsp3) is 0.600. The first-order valence-corrected chi connectivity index (χ1v) is 9.24. The van der Waals surface area contributed by atoms with Gasteiger partial charge in [-0.05, 0) is 53.7 Å². The van der Waals surface area contributed by atoms with Gasteiger partial charge >= 0.3 is 12.1 Å². The molecule has 0 bridgehead atoms. The third kappa shape index (κ3) is 13.1. The second-order valence-electron chi connectivity index (χ2n) is 7.20. The van der Waals surface area contributed by atoms with Gasteiger partial charge in [-0.25, -0.2) is 9.59 Å². The summed E-state index contributed by atoms with van der Waals surface area (Å²) in [5.41, 5.74) is 0.396. The molecule has 0 fully saturated rings. The highest BCUT2D eigenvalue weighted by atomic mass is 16.2. The Bertz CT molecular complexity index is 494. The van der Waals surface area contributed by atoms with Crippen molar-refractivity contribution < 1.29 is 9.59 Å². The Labute approximate surface area is 159 Å². The van der Waals surface area contributed by atoms with Gasteiger partial charge in [-0.2, -0.15) is 0 Å². The van der Waals surface area contributed by atoms with Gasteiger partial charge in [0.15, 0.2) is 0 Å². The van der Waals surface area contributed by atoms with E-state index in [1.807, 2.05) is 69.2 Å². The molecule has 0 spiro atoms. The van der Waals surface area contributed by atoms with Gasteiger partial charge in [0.05, 0.1) is 11.4 Å². The summed E-state index contributed by atoms with van der Waals surface area (Å²) >= 11 is 0. The molecule has 26 heavy (non-hydrogen) atoms. The summed E-state index contributed by atoms with van der Waals surface area (Å²) < 4.78 is 0. The van der Waals surface area contributed by atoms with E-state index in [0.29, 0.717) is 11.4 Å². The highest BCUT2D eigenvalue weighted by molar-refractivity contribution is 5.98. The van der Waals surface area contributed by atoms with Crippen LogP contribution >= 0.6 is 0 Å². The smallest absolute Gasteiger partial charge is 0.319 e. The van der Waals surface area contributed by atoms with Gasteiger partial charge in [0.1, 0.15) is 0 Å². The highest BCUT2D eigenvalue weighted by Crippen LogP contribution is 2.21. The van der Waals surface area contributed by atoms with Gasteiger partial charge in [-0.15, -0.1) is 0 Å². The first kappa shape index (κ1) is 26.0. The van der Waals surface area contributed by atoms with E-state index in [-0.39, 0.29) is 23.1 Å². The quantitative estimate of drug-likeness (QED) is 0.551. The van der Waals surface area contributed by atoms with Crippen LogP contribution in [0, 0.1) is 0 Å². The van der Waals surface area contributed by atoms with E-state index in [1.165, 1.54) is 0 Å². The van der Waals surface area contributed by atoms with Crippen molar-refractivity contribution in [1.82, 2.24) is 10.6 Å². The Morgan fingerprint density at radius 1 is 0.654 bits per heavy atom. The zero-order valence-electron chi connectivity index (χ0n) is 18.1. The Morgan fingerprint density at radius 2 is 0.923 bits per heavy atom. The van der Waals surface area contributed by atoms with Crippen LogP contribution < -0.4 is 21.3 Å². The SMILES string of the molecule is CC.CC.CC(C)(C)NC(=O)Nc1ccccc1NC(=O)NC(C)(C)C. The summed E-state index contributed by atoms with van der Waals surface area (Å²) in [6.07, 6.45) is 0. The number of amides is 4. The van der Waals surface area contributed by atoms with Crippen LogP contribution in [0.5, 0.6) is 0 Å². The fourth-order valence-corrected chi connectivity index (χ4v) is 1.69. The van der Waals surface area contributed by atoms with Crippen molar-refractivity contribution in [3.63, 3.8) is 0 Å². The Balaban J connectivity index is 0. The summed E-state index contributed by atoms with van der Waals surface area (Å²) in [5, 5.41) is 11.1. The molecule has 0 aliphatic heterocycles. The van der Waals surface area contributed by atoms with E-state index < -0.39 is 0 Å². The monoisotopic (exact) mass is 366 g/mol. The number of hydrogen-bond donors (Lipinski definition) is 4. The van der Waals surface area contributed by atoms with Crippen molar-refractivity contribution in [1.29, 1.82) is 0 Å². The van der Waals surface area contributed by atoms with E-state index in [4.69, 9.17) is 0 Å². The third-order valence-electron chi connectivity index (χ3n) is 2.40. The van der Waals surface area contributed by atoms with Crippen molar-refractivity contribution in [3.05, 3.63) is 24.3 Å². The van der Waals surface area contributed by atoms with Crippen molar-refractivity contribution in [2.24, 2.45) is 0 Å². The molecule has 6 heteroatoms. The van der Waals surface area contributed by atoms with Crippen molar-refractivity contribution >= 4 is 23.4 Å². The first-order valence-electron chi connectivity index (χ1n) is 9.24. The standard InChI is InChI=1S/C16H26N4O2.2C2H6/c1-15(2,3)19-13(21)17-11-9-7-8-10-12(11)18-14(22)20-16(4,5)6;2*1-2/h7-10H,1-6H3,(H2,17,19,21)(H2,18,20,22);2*1-2H3. The van der Waals surface area contributed by atoms with Crippen molar-refractivity contribution in [2.45, 2.75) is 80.3 Å². The van der Waals surface area contributed by atoms with Crippen LogP contribution in [-0.4, -0.2) is 23.1 Å². The molecule has 0 aromatic heterocycles. The number of carbonyl (C=O) groups excluding carboxylic acids is 2. The zero-order valence-corrected chi connectivity index (χ0v) is 18.1. The lowest BCUT2D eigenvalue weighted by molar-refractivity contribution is 0.242. The molecule has 0 aliphatic carbocycles. The van der Waals surface area contributed by atoms with Crippen LogP contribution in [0.25, 0.3) is 0 Å². The van der Waals surface area contributed by atoms with Crippen LogP contribution in [0.1, 0.15) is 69.2 Å². The minimum atomic E-state index is -0.337. The number of anilines is 2. The van der Waals surface area contributed by atoms with E-state index in [0.717, 1.165) is 0 Å². The molecular formula is C20H38N4O2. The molecule has 6 nitrogen and oxygen atoms in total. The molecule has 1 aromatic rings. The van der Waals surface area contributed by atoms with Crippen LogP contribution in [0.3, 0.4) is 0 Å². The number of hydrogen-bond acceptors (Lipinski definition) is 2. The largest absolute Gasteiger partial charge is 0.333 e. The molecule has 4 N–H and O–H groups in total. The molecule has 1 aromatic carbocycles. The number of rotatable bonds is 2. The average Bonchev–Trinajstić information content (AvgIpc) is 2.49. The second-order valence-corrected chi connectivity index (χ2v) is 7.20. The number of urea groups is 2. The fourth-order valence-electron chi connectivity index (χ4n) is 1.69. The van der Waals surface area contributed by atoms with Crippen molar-refractivity contribution in [2.75, 3.05) is 10.6 Å². The topological polar surface area (TPSA) is 82.3 Å². The average molecular weight is 367 g/mol. The molecule has 150 valence electrons. The number of carbonyl (C=O) groups is 2. The van der Waals surface area contributed by atoms with E-state index >= 15 is 0 Å². The Kier molecular flexibility index (Phi) is 12.2. The molecule has 0 aliphatic rings. The van der Waals surface area contributed by atoms with Crippen molar-refractivity contribution in [3.8, 4) is 0 Å². The van der Waals surface area contributed by atoms with E-state index in [2.05, 4.69) is 21.3 Å². The van der Waals surface area contributed by atoms with E-state index in [1.54, 1.807) is 24.3 Å². The number of para-hydroxylation sites is 2. The number of nitrogens with one attached hydrogen (secondary N) is 4. The molecule has 1 rings (SSSR count). The molecule has 0 saturated heterocycles. The summed E-state index contributed by atoms with van der Waals surface area (Å²) in [6, 6.07) is 6.40. The van der Waals surface area contributed by atoms with Gasteiger partial charge in [0.25, 0.3) is 0 Å². The van der Waals surface area contributed by atoms with Gasteiger partial charge in [-0.1, -0.05) is 39.8 Å². The zero-order chi connectivity index (χ0) is 21.0. The lowest BCUT2D eigenvalue weighted by Crippen LogP contribution is -2.44. The number of benzene rings is 1. The van der Waals surface area contributed by atoms with Gasteiger partial charge in [0, 0.05) is 11.1 Å². The first-order chi connectivity index (χ1) is 12.0. The summed E-state index contributed by atoms with van der Waals surface area (Å²) in [5.74, 6) is 0. The van der Waals surface area contributed by atoms with Gasteiger partial charge < -0.3 is 21.3 Å². The van der Waals surface area contributed by atoms with E-state index in [9.17, 15) is 9.59 Å². The lowest BCUT2D eigenvalue weighted by Gasteiger charge is -2.23. The Morgan fingerprint density at radius 3 is 1.15 bits per heavy atom. The minimum absolute atomic E-state index is 0.321. The maximum absolute atomic E-state index is 11.9. The predicted octanol–water partition coefficient (Wildman–Crippen LogP) is 5.58. The molecule has 0 unspecified atom stereocenters. The van der Waals surface area contributed by atoms with Crippen LogP contribution in [0.4, 0.5) is 21.0 Å². The third-order valence-corrected chi connectivity index (χ3v) is 2.40. The Hall–Kier alpha value is -2.24. The van der Waals surface area contributed by atoms with Gasteiger partial charge in [-0.3, -0.25) is 0 Å². The molecule has 0 heterocycles. The molecule has 0 atom stereocenters. The van der Waals surface area contributed by atoms with Crippen LogP contribution in [-0.2, 0) is 0 Å². The minimum Gasteiger partial charge on any atom is -0.333 e.